The van der Waals surface area contributed by atoms with Crippen LogP contribution < -0.4 is 10.6 Å². The molecular weight excluding hydrogens is 386 g/mol. The molecule has 0 fully saturated rings. The molecule has 1 aliphatic carbocycles. The van der Waals surface area contributed by atoms with Crippen LogP contribution in [0.1, 0.15) is 53.6 Å². The number of nitrogens with one attached hydrogen (secondary N) is 2. The van der Waals surface area contributed by atoms with Gasteiger partial charge in [-0.05, 0) is 54.4 Å². The van der Waals surface area contributed by atoms with Crippen molar-refractivity contribution in [3.05, 3.63) is 62.0 Å². The standard InChI is InChI=1S/C22H25N3O3S/c1-22(2,3)14-9-10-15-17(12-14)29-21-19(15)20(26)23-18(24-21)11-8-13-6-4-5-7-16(13)25(27)28/h4-8,11,14,18,24H,9-10,12H2,1-3H3,(H,23,26)/b11-8+. The van der Waals surface area contributed by atoms with Crippen molar-refractivity contribution < 1.29 is 9.72 Å². The zero-order valence-electron chi connectivity index (χ0n) is 16.8. The Balaban J connectivity index is 1.57. The number of nitro benzene ring substituents is 1. The molecule has 1 aliphatic heterocycles. The first-order valence-corrected chi connectivity index (χ1v) is 10.7. The normalized spacial score (nSPS) is 21.3. The number of carbonyl (C=O) groups is 1. The van der Waals surface area contributed by atoms with E-state index in [0.29, 0.717) is 11.5 Å². The monoisotopic (exact) mass is 411 g/mol. The second kappa shape index (κ2) is 7.30. The molecular formula is C22H25N3O3S. The second-order valence-electron chi connectivity index (χ2n) is 8.78. The van der Waals surface area contributed by atoms with Gasteiger partial charge in [-0.2, -0.15) is 0 Å². The van der Waals surface area contributed by atoms with Crippen LogP contribution in [0.2, 0.25) is 0 Å². The van der Waals surface area contributed by atoms with Crippen LogP contribution >= 0.6 is 11.3 Å². The second-order valence-corrected chi connectivity index (χ2v) is 9.89. The lowest BCUT2D eigenvalue weighted by Crippen LogP contribution is -2.43. The fourth-order valence-electron chi connectivity index (χ4n) is 4.15. The van der Waals surface area contributed by atoms with Gasteiger partial charge < -0.3 is 10.6 Å². The molecule has 2 heterocycles. The Kier molecular flexibility index (Phi) is 4.94. The molecule has 1 aromatic carbocycles. The summed E-state index contributed by atoms with van der Waals surface area (Å²) < 4.78 is 0. The molecule has 1 aromatic heterocycles. The van der Waals surface area contributed by atoms with Crippen LogP contribution in [0.25, 0.3) is 6.08 Å². The van der Waals surface area contributed by atoms with Gasteiger partial charge in [0.05, 0.1) is 16.1 Å². The van der Waals surface area contributed by atoms with Crippen molar-refractivity contribution in [2.75, 3.05) is 5.32 Å². The summed E-state index contributed by atoms with van der Waals surface area (Å²) in [7, 11) is 0. The Morgan fingerprint density at radius 3 is 2.72 bits per heavy atom. The molecule has 4 rings (SSSR count). The zero-order chi connectivity index (χ0) is 20.8. The number of carbonyl (C=O) groups excluding carboxylic acids is 1. The summed E-state index contributed by atoms with van der Waals surface area (Å²) in [5, 5.41) is 18.4. The minimum atomic E-state index is -0.399. The van der Waals surface area contributed by atoms with Crippen LogP contribution in [0.4, 0.5) is 10.7 Å². The maximum atomic E-state index is 12.8. The van der Waals surface area contributed by atoms with Crippen molar-refractivity contribution in [3.8, 4) is 0 Å². The molecule has 6 nitrogen and oxygen atoms in total. The topological polar surface area (TPSA) is 84.3 Å². The number of anilines is 1. The maximum absolute atomic E-state index is 12.8. The Bertz CT molecular complexity index is 1000. The van der Waals surface area contributed by atoms with Gasteiger partial charge in [0.25, 0.3) is 11.6 Å². The van der Waals surface area contributed by atoms with E-state index in [4.69, 9.17) is 0 Å². The number of benzene rings is 1. The number of rotatable bonds is 3. The molecule has 1 amide bonds. The first kappa shape index (κ1) is 19.6. The molecule has 152 valence electrons. The third-order valence-corrected chi connectivity index (χ3v) is 7.08. The van der Waals surface area contributed by atoms with Crippen molar-refractivity contribution in [2.24, 2.45) is 11.3 Å². The van der Waals surface area contributed by atoms with Crippen LogP contribution in [0.3, 0.4) is 0 Å². The fourth-order valence-corrected chi connectivity index (χ4v) is 5.51. The van der Waals surface area contributed by atoms with Crippen LogP contribution in [0, 0.1) is 21.4 Å². The molecule has 0 saturated carbocycles. The van der Waals surface area contributed by atoms with E-state index >= 15 is 0 Å². The fraction of sp³-hybridized carbons (Fsp3) is 0.409. The Morgan fingerprint density at radius 2 is 2.00 bits per heavy atom. The predicted octanol–water partition coefficient (Wildman–Crippen LogP) is 5.00. The van der Waals surface area contributed by atoms with Gasteiger partial charge in [0.15, 0.2) is 0 Å². The summed E-state index contributed by atoms with van der Waals surface area (Å²) in [6, 6.07) is 6.57. The van der Waals surface area contributed by atoms with Gasteiger partial charge in [-0.15, -0.1) is 11.3 Å². The van der Waals surface area contributed by atoms with Gasteiger partial charge in [0.2, 0.25) is 0 Å². The first-order valence-electron chi connectivity index (χ1n) is 9.87. The van der Waals surface area contributed by atoms with Gasteiger partial charge in [0.1, 0.15) is 11.2 Å². The lowest BCUT2D eigenvalue weighted by molar-refractivity contribution is -0.385. The highest BCUT2D eigenvalue weighted by Crippen LogP contribution is 2.45. The highest BCUT2D eigenvalue weighted by atomic mass is 32.1. The molecule has 2 N–H and O–H groups in total. The highest BCUT2D eigenvalue weighted by Gasteiger charge is 2.35. The quantitative estimate of drug-likeness (QED) is 0.550. The molecule has 2 atom stereocenters. The number of hydrogen-bond donors (Lipinski definition) is 2. The van der Waals surface area contributed by atoms with E-state index in [1.54, 1.807) is 41.7 Å². The highest BCUT2D eigenvalue weighted by molar-refractivity contribution is 7.16. The van der Waals surface area contributed by atoms with E-state index in [2.05, 4.69) is 31.4 Å². The van der Waals surface area contributed by atoms with Crippen LogP contribution in [0.5, 0.6) is 0 Å². The summed E-state index contributed by atoms with van der Waals surface area (Å²) in [5.41, 5.74) is 2.79. The Hall–Kier alpha value is -2.67. The van der Waals surface area contributed by atoms with Gasteiger partial charge in [0, 0.05) is 10.9 Å². The molecule has 2 unspecified atom stereocenters. The largest absolute Gasteiger partial charge is 0.353 e. The summed E-state index contributed by atoms with van der Waals surface area (Å²) in [6.07, 6.45) is 6.11. The average Bonchev–Trinajstić information content (AvgIpc) is 3.03. The van der Waals surface area contributed by atoms with Crippen LogP contribution in [-0.2, 0) is 12.8 Å². The first-order chi connectivity index (χ1) is 13.7. The predicted molar refractivity (Wildman–Crippen MR) is 116 cm³/mol. The Morgan fingerprint density at radius 1 is 1.24 bits per heavy atom. The number of nitrogens with zero attached hydrogens (tertiary/aromatic N) is 1. The molecule has 7 heteroatoms. The van der Waals surface area contributed by atoms with Crippen molar-refractivity contribution >= 4 is 34.0 Å². The summed E-state index contributed by atoms with van der Waals surface area (Å²) in [5.74, 6) is 0.551. The minimum Gasteiger partial charge on any atom is -0.353 e. The van der Waals surface area contributed by atoms with Crippen molar-refractivity contribution in [2.45, 2.75) is 46.2 Å². The van der Waals surface area contributed by atoms with Gasteiger partial charge in [-0.1, -0.05) is 32.9 Å². The van der Waals surface area contributed by atoms with Gasteiger partial charge >= 0.3 is 0 Å². The van der Waals surface area contributed by atoms with Crippen molar-refractivity contribution in [3.63, 3.8) is 0 Å². The van der Waals surface area contributed by atoms with Gasteiger partial charge in [-0.3, -0.25) is 14.9 Å². The lowest BCUT2D eigenvalue weighted by atomic mass is 9.72. The zero-order valence-corrected chi connectivity index (χ0v) is 17.6. The lowest BCUT2D eigenvalue weighted by Gasteiger charge is -2.34. The maximum Gasteiger partial charge on any atom is 0.276 e. The van der Waals surface area contributed by atoms with E-state index in [0.717, 1.165) is 29.8 Å². The number of thiophene rings is 1. The third-order valence-electron chi connectivity index (χ3n) is 5.89. The molecule has 29 heavy (non-hydrogen) atoms. The number of fused-ring (bicyclic) bond motifs is 3. The summed E-state index contributed by atoms with van der Waals surface area (Å²) in [4.78, 5) is 24.9. The summed E-state index contributed by atoms with van der Waals surface area (Å²) in [6.45, 7) is 6.85. The van der Waals surface area contributed by atoms with Crippen LogP contribution in [0.15, 0.2) is 30.3 Å². The third kappa shape index (κ3) is 3.79. The molecule has 2 aliphatic rings. The van der Waals surface area contributed by atoms with E-state index in [9.17, 15) is 14.9 Å². The summed E-state index contributed by atoms with van der Waals surface area (Å²) >= 11 is 1.68. The smallest absolute Gasteiger partial charge is 0.276 e. The number of nitro groups is 1. The molecule has 0 radical (unpaired) electrons. The minimum absolute atomic E-state index is 0.0476. The average molecular weight is 412 g/mol. The van der Waals surface area contributed by atoms with Crippen molar-refractivity contribution in [1.29, 1.82) is 0 Å². The van der Waals surface area contributed by atoms with E-state index < -0.39 is 11.1 Å². The molecule has 0 bridgehead atoms. The SMILES string of the molecule is CC(C)(C)C1CCc2c(sc3c2C(=O)NC(/C=C/c2ccccc2[N+](=O)[O-])N3)C1. The Labute approximate surface area is 174 Å². The van der Waals surface area contributed by atoms with Crippen molar-refractivity contribution in [1.82, 2.24) is 5.32 Å². The van der Waals surface area contributed by atoms with E-state index in [1.165, 1.54) is 16.5 Å². The van der Waals surface area contributed by atoms with E-state index in [-0.39, 0.29) is 17.0 Å². The number of para-hydroxylation sites is 1. The number of amides is 1. The van der Waals surface area contributed by atoms with E-state index in [1.807, 2.05) is 0 Å². The molecule has 2 aromatic rings. The van der Waals surface area contributed by atoms with Gasteiger partial charge in [-0.25, -0.2) is 0 Å². The van der Waals surface area contributed by atoms with Crippen LogP contribution in [-0.4, -0.2) is 17.0 Å². The molecule has 0 saturated heterocycles. The number of hydrogen-bond acceptors (Lipinski definition) is 5. The molecule has 0 spiro atoms.